The van der Waals surface area contributed by atoms with Crippen molar-refractivity contribution in [1.29, 1.82) is 0 Å². The van der Waals surface area contributed by atoms with Gasteiger partial charge in [-0.1, -0.05) is 36.5 Å². The van der Waals surface area contributed by atoms with Crippen LogP contribution >= 0.6 is 12.2 Å². The standard InChI is InChI=1S/C19H18N2O2S/c1-3-23-19(22)17-12-13-7-4-5-10-16(13)21(17,2)15-9-6-8-14(11-15)18(20)24/h4-12H,3H2,1-2H3,(H-,20,24)/p+1. The third-order valence-corrected chi connectivity index (χ3v) is 4.56. The Kier molecular flexibility index (Phi) is 4.22. The Morgan fingerprint density at radius 1 is 1.21 bits per heavy atom. The summed E-state index contributed by atoms with van der Waals surface area (Å²) in [6.07, 6.45) is 1.89. The number of nitrogens with zero attached hydrogens (tertiary/aromatic N) is 1. The largest absolute Gasteiger partial charge is 0.458 e. The minimum absolute atomic E-state index is 0.228. The molecule has 122 valence electrons. The number of fused-ring (bicyclic) bond motifs is 1. The number of hydrogen-bond acceptors (Lipinski definition) is 3. The van der Waals surface area contributed by atoms with Gasteiger partial charge in [0.25, 0.3) is 0 Å². The van der Waals surface area contributed by atoms with Crippen LogP contribution in [0.4, 0.5) is 11.4 Å². The Labute approximate surface area is 146 Å². The number of ether oxygens (including phenoxy) is 1. The molecule has 0 bridgehead atoms. The normalized spacial score (nSPS) is 18.7. The number of nitrogens with two attached hydrogens (primary N) is 1. The second-order valence-electron chi connectivity index (χ2n) is 5.73. The van der Waals surface area contributed by atoms with Gasteiger partial charge in [-0.05, 0) is 13.0 Å². The van der Waals surface area contributed by atoms with Crippen molar-refractivity contribution in [2.24, 2.45) is 5.73 Å². The van der Waals surface area contributed by atoms with Crippen molar-refractivity contribution in [3.8, 4) is 0 Å². The summed E-state index contributed by atoms with van der Waals surface area (Å²) in [5.41, 5.74) is 10.0. The van der Waals surface area contributed by atoms with Crippen LogP contribution < -0.4 is 10.2 Å². The summed E-state index contributed by atoms with van der Waals surface area (Å²) < 4.78 is 5.51. The van der Waals surface area contributed by atoms with E-state index in [-0.39, 0.29) is 10.5 Å². The van der Waals surface area contributed by atoms with Gasteiger partial charge < -0.3 is 10.5 Å². The lowest BCUT2D eigenvalue weighted by Gasteiger charge is -2.31. The summed E-state index contributed by atoms with van der Waals surface area (Å²) >= 11 is 5.10. The van der Waals surface area contributed by atoms with Gasteiger partial charge in [-0.25, -0.2) is 9.28 Å². The number of benzene rings is 2. The fraction of sp³-hybridized carbons (Fsp3) is 0.158. The number of hydrogen-bond donors (Lipinski definition) is 1. The summed E-state index contributed by atoms with van der Waals surface area (Å²) in [5.74, 6) is -0.322. The van der Waals surface area contributed by atoms with E-state index in [1.54, 1.807) is 6.92 Å². The Bertz CT molecular complexity index is 860. The Balaban J connectivity index is 2.20. The molecule has 5 heteroatoms. The van der Waals surface area contributed by atoms with Crippen LogP contribution in [-0.4, -0.2) is 24.6 Å². The minimum Gasteiger partial charge on any atom is -0.458 e. The molecular formula is C19H19N2O2S+. The second kappa shape index (κ2) is 6.19. The Morgan fingerprint density at radius 3 is 2.67 bits per heavy atom. The molecule has 1 aliphatic rings. The summed E-state index contributed by atoms with van der Waals surface area (Å²) in [7, 11) is 1.98. The second-order valence-corrected chi connectivity index (χ2v) is 6.17. The van der Waals surface area contributed by atoms with Gasteiger partial charge in [-0.15, -0.1) is 0 Å². The van der Waals surface area contributed by atoms with Crippen LogP contribution in [0.25, 0.3) is 6.08 Å². The number of quaternary nitrogens is 1. The summed E-state index contributed by atoms with van der Waals surface area (Å²) in [4.78, 5) is 12.9. The number of rotatable bonds is 4. The molecule has 1 atom stereocenters. The van der Waals surface area contributed by atoms with E-state index in [0.717, 1.165) is 22.5 Å². The van der Waals surface area contributed by atoms with Gasteiger partial charge in [-0.2, -0.15) is 0 Å². The van der Waals surface area contributed by atoms with E-state index in [2.05, 4.69) is 0 Å². The van der Waals surface area contributed by atoms with E-state index >= 15 is 0 Å². The lowest BCUT2D eigenvalue weighted by atomic mass is 10.1. The number of likely N-dealkylation sites (N-methyl/N-ethyl adjacent to an activating group) is 1. The molecule has 2 N–H and O–H groups in total. The van der Waals surface area contributed by atoms with Crippen molar-refractivity contribution in [2.75, 3.05) is 13.7 Å². The number of esters is 1. The first-order valence-corrected chi connectivity index (χ1v) is 8.15. The number of carbonyl (C=O) groups is 1. The predicted octanol–water partition coefficient (Wildman–Crippen LogP) is 3.51. The minimum atomic E-state index is -0.322. The first kappa shape index (κ1) is 16.4. The lowest BCUT2D eigenvalue weighted by Crippen LogP contribution is -2.40. The number of para-hydroxylation sites is 1. The maximum Gasteiger partial charge on any atom is 0.393 e. The van der Waals surface area contributed by atoms with Crippen LogP contribution in [0.15, 0.2) is 54.2 Å². The molecule has 0 spiro atoms. The van der Waals surface area contributed by atoms with Crippen molar-refractivity contribution in [3.05, 3.63) is 65.4 Å². The molecule has 2 aromatic carbocycles. The highest BCUT2D eigenvalue weighted by Crippen LogP contribution is 2.46. The van der Waals surface area contributed by atoms with E-state index in [1.165, 1.54) is 0 Å². The van der Waals surface area contributed by atoms with Crippen LogP contribution in [0.2, 0.25) is 0 Å². The van der Waals surface area contributed by atoms with Gasteiger partial charge in [0.1, 0.15) is 10.7 Å². The molecule has 0 fully saturated rings. The Hall–Kier alpha value is -2.50. The van der Waals surface area contributed by atoms with E-state index in [0.29, 0.717) is 17.3 Å². The summed E-state index contributed by atoms with van der Waals surface area (Å²) in [6, 6.07) is 15.6. The van der Waals surface area contributed by atoms with Crippen molar-refractivity contribution < 1.29 is 9.53 Å². The van der Waals surface area contributed by atoms with Crippen LogP contribution in [0, 0.1) is 0 Å². The zero-order valence-corrected chi connectivity index (χ0v) is 14.5. The van der Waals surface area contributed by atoms with Gasteiger partial charge in [0.15, 0.2) is 5.69 Å². The third-order valence-electron chi connectivity index (χ3n) is 4.32. The lowest BCUT2D eigenvalue weighted by molar-refractivity contribution is -0.139. The monoisotopic (exact) mass is 339 g/mol. The summed E-state index contributed by atoms with van der Waals surface area (Å²) in [6.45, 7) is 2.14. The fourth-order valence-corrected chi connectivity index (χ4v) is 3.21. The summed E-state index contributed by atoms with van der Waals surface area (Å²) in [5, 5.41) is 0. The van der Waals surface area contributed by atoms with Gasteiger partial charge in [0.2, 0.25) is 5.70 Å². The zero-order valence-electron chi connectivity index (χ0n) is 13.7. The molecular weight excluding hydrogens is 320 g/mol. The van der Waals surface area contributed by atoms with Gasteiger partial charge in [-0.3, -0.25) is 0 Å². The van der Waals surface area contributed by atoms with Crippen molar-refractivity contribution >= 4 is 40.6 Å². The molecule has 3 rings (SSSR count). The van der Waals surface area contributed by atoms with Crippen LogP contribution in [-0.2, 0) is 9.53 Å². The smallest absolute Gasteiger partial charge is 0.393 e. The molecule has 2 aromatic rings. The highest BCUT2D eigenvalue weighted by atomic mass is 32.1. The van der Waals surface area contributed by atoms with E-state index in [9.17, 15) is 4.79 Å². The quantitative estimate of drug-likeness (QED) is 0.526. The topological polar surface area (TPSA) is 52.3 Å². The predicted molar refractivity (Wildman–Crippen MR) is 101 cm³/mol. The molecule has 1 unspecified atom stereocenters. The van der Waals surface area contributed by atoms with Gasteiger partial charge >= 0.3 is 5.97 Å². The highest BCUT2D eigenvalue weighted by molar-refractivity contribution is 7.80. The van der Waals surface area contributed by atoms with Crippen LogP contribution in [0.3, 0.4) is 0 Å². The number of carbonyl (C=O) groups excluding carboxylic acids is 1. The van der Waals surface area contributed by atoms with Crippen molar-refractivity contribution in [1.82, 2.24) is 4.48 Å². The molecule has 0 saturated heterocycles. The molecule has 24 heavy (non-hydrogen) atoms. The molecule has 1 aliphatic heterocycles. The van der Waals surface area contributed by atoms with Crippen LogP contribution in [0.1, 0.15) is 18.1 Å². The van der Waals surface area contributed by atoms with E-state index in [1.807, 2.05) is 61.7 Å². The first-order chi connectivity index (χ1) is 11.5. The number of thiocarbonyl (C=S) groups is 1. The molecule has 0 saturated carbocycles. The Morgan fingerprint density at radius 2 is 1.96 bits per heavy atom. The average Bonchev–Trinajstić information content (AvgIpc) is 2.90. The fourth-order valence-electron chi connectivity index (χ4n) is 3.09. The molecule has 0 amide bonds. The van der Waals surface area contributed by atoms with E-state index < -0.39 is 0 Å². The molecule has 0 aliphatic carbocycles. The molecule has 0 radical (unpaired) electrons. The zero-order chi connectivity index (χ0) is 17.3. The van der Waals surface area contributed by atoms with Crippen molar-refractivity contribution in [2.45, 2.75) is 6.92 Å². The van der Waals surface area contributed by atoms with Crippen LogP contribution in [0.5, 0.6) is 0 Å². The van der Waals surface area contributed by atoms with Gasteiger partial charge in [0, 0.05) is 35.4 Å². The molecule has 1 heterocycles. The van der Waals surface area contributed by atoms with Gasteiger partial charge in [0.05, 0.1) is 13.7 Å². The molecule has 0 aromatic heterocycles. The maximum absolute atomic E-state index is 12.6. The SMILES string of the molecule is CCOC(=O)C1=Cc2ccccc2[N+]1(C)c1cccc(C(N)=S)c1. The molecule has 4 nitrogen and oxygen atoms in total. The maximum atomic E-state index is 12.6. The first-order valence-electron chi connectivity index (χ1n) is 7.74. The average molecular weight is 339 g/mol. The third kappa shape index (κ3) is 2.52. The van der Waals surface area contributed by atoms with E-state index in [4.69, 9.17) is 22.7 Å². The van der Waals surface area contributed by atoms with Crippen molar-refractivity contribution in [3.63, 3.8) is 0 Å². The highest BCUT2D eigenvalue weighted by Gasteiger charge is 2.44.